The third-order valence-corrected chi connectivity index (χ3v) is 5.29. The first-order valence-corrected chi connectivity index (χ1v) is 9.85. The van der Waals surface area contributed by atoms with Crippen molar-refractivity contribution in [3.05, 3.63) is 35.7 Å². The van der Waals surface area contributed by atoms with Crippen LogP contribution in [0.3, 0.4) is 0 Å². The van der Waals surface area contributed by atoms with Crippen LogP contribution in [0.4, 0.5) is 14.7 Å². The van der Waals surface area contributed by atoms with Crippen LogP contribution in [0.25, 0.3) is 16.8 Å². The summed E-state index contributed by atoms with van der Waals surface area (Å²) in [6, 6.07) is 4.77. The Morgan fingerprint density at radius 3 is 3.00 bits per heavy atom. The van der Waals surface area contributed by atoms with Crippen LogP contribution in [0.5, 0.6) is 5.75 Å². The summed E-state index contributed by atoms with van der Waals surface area (Å²) in [5.41, 5.74) is 1.39. The third-order valence-electron chi connectivity index (χ3n) is 5.05. The van der Waals surface area contributed by atoms with E-state index in [1.54, 1.807) is 29.1 Å². The van der Waals surface area contributed by atoms with Gasteiger partial charge in [-0.2, -0.15) is 8.78 Å². The largest absolute Gasteiger partial charge is 0.434 e. The summed E-state index contributed by atoms with van der Waals surface area (Å²) in [6.07, 6.45) is 5.40. The molecule has 154 valence electrons. The summed E-state index contributed by atoms with van der Waals surface area (Å²) in [4.78, 5) is 6.58. The molecule has 7 nitrogen and oxygen atoms in total. The molecule has 0 spiro atoms. The van der Waals surface area contributed by atoms with Crippen molar-refractivity contribution in [3.8, 4) is 17.0 Å². The minimum atomic E-state index is -2.98. The lowest BCUT2D eigenvalue weighted by Gasteiger charge is -2.32. The number of hydrogen-bond donors (Lipinski definition) is 1. The number of nitrogens with one attached hydrogen (secondary N) is 1. The van der Waals surface area contributed by atoms with E-state index < -0.39 is 6.61 Å². The van der Waals surface area contributed by atoms with Crippen molar-refractivity contribution in [1.82, 2.24) is 24.5 Å². The van der Waals surface area contributed by atoms with Gasteiger partial charge >= 0.3 is 6.61 Å². The first kappa shape index (κ1) is 19.8. The second-order valence-electron chi connectivity index (χ2n) is 6.92. The molecule has 0 unspecified atom stereocenters. The first-order chi connectivity index (χ1) is 14.0. The zero-order valence-electron chi connectivity index (χ0n) is 15.9. The van der Waals surface area contributed by atoms with Gasteiger partial charge in [-0.05, 0) is 44.1 Å². The molecule has 1 aliphatic rings. The highest BCUT2D eigenvalue weighted by molar-refractivity contribution is 6.30. The Kier molecular flexibility index (Phi) is 5.77. The minimum absolute atomic E-state index is 0.0588. The van der Waals surface area contributed by atoms with E-state index in [4.69, 9.17) is 11.6 Å². The first-order valence-electron chi connectivity index (χ1n) is 9.47. The fourth-order valence-corrected chi connectivity index (χ4v) is 3.82. The molecule has 1 fully saturated rings. The highest BCUT2D eigenvalue weighted by atomic mass is 35.5. The Morgan fingerprint density at radius 1 is 1.34 bits per heavy atom. The molecule has 29 heavy (non-hydrogen) atoms. The third kappa shape index (κ3) is 4.25. The van der Waals surface area contributed by atoms with Gasteiger partial charge in [0.05, 0.1) is 11.7 Å². The number of imidazole rings is 1. The van der Waals surface area contributed by atoms with E-state index in [2.05, 4.69) is 37.1 Å². The van der Waals surface area contributed by atoms with Gasteiger partial charge in [0, 0.05) is 23.2 Å². The average molecular weight is 423 g/mol. The smallest absolute Gasteiger partial charge is 0.387 e. The van der Waals surface area contributed by atoms with Gasteiger partial charge in [0.15, 0.2) is 0 Å². The second kappa shape index (κ2) is 8.46. The maximum Gasteiger partial charge on any atom is 0.387 e. The highest BCUT2D eigenvalue weighted by Crippen LogP contribution is 2.35. The fourth-order valence-electron chi connectivity index (χ4n) is 3.65. The van der Waals surface area contributed by atoms with E-state index in [0.717, 1.165) is 32.5 Å². The van der Waals surface area contributed by atoms with Crippen LogP contribution in [-0.4, -0.2) is 56.8 Å². The normalized spacial score (nSPS) is 17.8. The van der Waals surface area contributed by atoms with Crippen LogP contribution in [0, 0.1) is 0 Å². The Bertz CT molecular complexity index is 998. The number of likely N-dealkylation sites (N-methyl/N-ethyl adjacent to an activating group) is 1. The van der Waals surface area contributed by atoms with Crippen molar-refractivity contribution < 1.29 is 13.5 Å². The molecule has 0 saturated carbocycles. The summed E-state index contributed by atoms with van der Waals surface area (Å²) >= 11 is 5.95. The van der Waals surface area contributed by atoms with Gasteiger partial charge in [-0.1, -0.05) is 18.5 Å². The summed E-state index contributed by atoms with van der Waals surface area (Å²) in [5.74, 6) is 0.506. The number of piperidine rings is 1. The Hall–Kier alpha value is -2.52. The summed E-state index contributed by atoms with van der Waals surface area (Å²) in [6.45, 7) is 2.21. The average Bonchev–Trinajstić information content (AvgIpc) is 3.19. The van der Waals surface area contributed by atoms with Crippen LogP contribution >= 0.6 is 11.6 Å². The summed E-state index contributed by atoms with van der Waals surface area (Å²) in [5, 5.41) is 12.3. The molecular weight excluding hydrogens is 402 g/mol. The van der Waals surface area contributed by atoms with Gasteiger partial charge in [0.2, 0.25) is 5.95 Å². The standard InChI is InChI=1S/C19H21ClF2N6O/c1-2-27-7-3-4-13(10-27)24-19-26-25-17(15-9-23-11-28(15)19)14-6-5-12(20)8-16(14)29-18(21)22/h5-6,8-9,11,13,18H,2-4,7,10H2,1H3,(H,24,26)/t13-/m1/s1. The van der Waals surface area contributed by atoms with Crippen LogP contribution in [0.15, 0.2) is 30.7 Å². The van der Waals surface area contributed by atoms with E-state index in [1.807, 2.05) is 0 Å². The number of alkyl halides is 2. The van der Waals surface area contributed by atoms with Gasteiger partial charge in [-0.3, -0.25) is 4.40 Å². The minimum Gasteiger partial charge on any atom is -0.434 e. The molecule has 4 rings (SSSR count). The predicted octanol–water partition coefficient (Wildman–Crippen LogP) is 3.94. The molecule has 1 N–H and O–H groups in total. The monoisotopic (exact) mass is 422 g/mol. The Morgan fingerprint density at radius 2 is 2.21 bits per heavy atom. The van der Waals surface area contributed by atoms with Crippen LogP contribution < -0.4 is 10.1 Å². The van der Waals surface area contributed by atoms with Gasteiger partial charge in [0.1, 0.15) is 17.8 Å². The SMILES string of the molecule is CCN1CCC[C@@H](Nc2nnc(-c3ccc(Cl)cc3OC(F)F)c3cncn23)C1. The zero-order chi connectivity index (χ0) is 20.4. The van der Waals surface area contributed by atoms with E-state index in [-0.39, 0.29) is 16.8 Å². The van der Waals surface area contributed by atoms with Crippen molar-refractivity contribution in [2.75, 3.05) is 25.0 Å². The number of nitrogens with zero attached hydrogens (tertiary/aromatic N) is 5. The zero-order valence-corrected chi connectivity index (χ0v) is 16.6. The van der Waals surface area contributed by atoms with Crippen molar-refractivity contribution in [3.63, 3.8) is 0 Å². The molecule has 1 aliphatic heterocycles. The van der Waals surface area contributed by atoms with E-state index in [1.165, 1.54) is 6.07 Å². The van der Waals surface area contributed by atoms with Crippen LogP contribution in [-0.2, 0) is 0 Å². The molecule has 0 radical (unpaired) electrons. The lowest BCUT2D eigenvalue weighted by Crippen LogP contribution is -2.42. The molecule has 3 heterocycles. The second-order valence-corrected chi connectivity index (χ2v) is 7.35. The van der Waals surface area contributed by atoms with Crippen LogP contribution in [0.2, 0.25) is 5.02 Å². The highest BCUT2D eigenvalue weighted by Gasteiger charge is 2.22. The number of fused-ring (bicyclic) bond motifs is 1. The maximum atomic E-state index is 12.9. The molecular formula is C19H21ClF2N6O. The molecule has 0 aliphatic carbocycles. The van der Waals surface area contributed by atoms with E-state index in [9.17, 15) is 8.78 Å². The van der Waals surface area contributed by atoms with Gasteiger partial charge in [-0.15, -0.1) is 10.2 Å². The van der Waals surface area contributed by atoms with Crippen molar-refractivity contribution in [2.45, 2.75) is 32.4 Å². The summed E-state index contributed by atoms with van der Waals surface area (Å²) < 4.78 is 32.1. The maximum absolute atomic E-state index is 12.9. The molecule has 1 atom stereocenters. The topological polar surface area (TPSA) is 67.6 Å². The number of hydrogen-bond acceptors (Lipinski definition) is 6. The van der Waals surface area contributed by atoms with Gasteiger partial charge in [-0.25, -0.2) is 4.98 Å². The van der Waals surface area contributed by atoms with Crippen molar-refractivity contribution >= 4 is 23.1 Å². The molecule has 0 amide bonds. The number of halogens is 3. The number of rotatable bonds is 6. The number of aromatic nitrogens is 4. The van der Waals surface area contributed by atoms with Crippen LogP contribution in [0.1, 0.15) is 19.8 Å². The molecule has 1 saturated heterocycles. The number of ether oxygens (including phenoxy) is 1. The molecule has 2 aromatic heterocycles. The van der Waals surface area contributed by atoms with Gasteiger partial charge < -0.3 is 15.0 Å². The molecule has 10 heteroatoms. The number of benzene rings is 1. The van der Waals surface area contributed by atoms with E-state index in [0.29, 0.717) is 22.7 Å². The Labute approximate surface area is 171 Å². The lowest BCUT2D eigenvalue weighted by molar-refractivity contribution is -0.0494. The quantitative estimate of drug-likeness (QED) is 0.649. The molecule has 1 aromatic carbocycles. The number of likely N-dealkylation sites (tertiary alicyclic amines) is 1. The molecule has 0 bridgehead atoms. The lowest BCUT2D eigenvalue weighted by atomic mass is 10.1. The predicted molar refractivity (Wildman–Crippen MR) is 107 cm³/mol. The van der Waals surface area contributed by atoms with Crippen molar-refractivity contribution in [2.24, 2.45) is 0 Å². The molecule has 3 aromatic rings. The Balaban J connectivity index is 1.69. The van der Waals surface area contributed by atoms with E-state index >= 15 is 0 Å². The van der Waals surface area contributed by atoms with Gasteiger partial charge in [0.25, 0.3) is 0 Å². The number of anilines is 1. The fraction of sp³-hybridized carbons (Fsp3) is 0.421. The summed E-state index contributed by atoms with van der Waals surface area (Å²) in [7, 11) is 0. The van der Waals surface area contributed by atoms with Crippen molar-refractivity contribution in [1.29, 1.82) is 0 Å².